The molecule has 0 atom stereocenters. The number of nitrogens with one attached hydrogen (secondary N) is 1. The summed E-state index contributed by atoms with van der Waals surface area (Å²) in [4.78, 5) is -0.234. The van der Waals surface area contributed by atoms with Gasteiger partial charge < -0.3 is 5.11 Å². The number of rotatable bonds is 3. The van der Waals surface area contributed by atoms with Gasteiger partial charge in [-0.1, -0.05) is 27.5 Å². The zero-order valence-electron chi connectivity index (χ0n) is 10.3. The van der Waals surface area contributed by atoms with Crippen LogP contribution in [-0.2, 0) is 10.0 Å². The molecular formula is C13H8BrClN2O3S. The van der Waals surface area contributed by atoms with Gasteiger partial charge in [-0.3, -0.25) is 4.72 Å². The van der Waals surface area contributed by atoms with Crippen LogP contribution < -0.4 is 4.72 Å². The second-order valence-corrected chi connectivity index (χ2v) is 7.00. The first-order valence-corrected chi connectivity index (χ1v) is 8.20. The number of halogens is 2. The van der Waals surface area contributed by atoms with Crippen LogP contribution in [0.25, 0.3) is 0 Å². The zero-order chi connectivity index (χ0) is 15.6. The number of phenols is 1. The lowest BCUT2D eigenvalue weighted by Gasteiger charge is -2.11. The fraction of sp³-hybridized carbons (Fsp3) is 0. The van der Waals surface area contributed by atoms with E-state index >= 15 is 0 Å². The van der Waals surface area contributed by atoms with E-state index in [1.165, 1.54) is 30.3 Å². The molecule has 2 aromatic rings. The maximum atomic E-state index is 12.3. The van der Waals surface area contributed by atoms with Gasteiger partial charge in [-0.05, 0) is 36.4 Å². The van der Waals surface area contributed by atoms with Crippen LogP contribution in [0.5, 0.6) is 5.75 Å². The molecule has 0 heterocycles. The lowest BCUT2D eigenvalue weighted by molar-refractivity contribution is 0.477. The Morgan fingerprint density at radius 2 is 1.95 bits per heavy atom. The zero-order valence-corrected chi connectivity index (χ0v) is 13.5. The summed E-state index contributed by atoms with van der Waals surface area (Å²) in [5, 5.41) is 18.5. The molecule has 0 unspecified atom stereocenters. The van der Waals surface area contributed by atoms with Gasteiger partial charge >= 0.3 is 0 Å². The maximum absolute atomic E-state index is 12.3. The smallest absolute Gasteiger partial charge is 0.263 e. The molecular weight excluding hydrogens is 380 g/mol. The number of anilines is 1. The first-order chi connectivity index (χ1) is 9.83. The molecule has 0 bridgehead atoms. The maximum Gasteiger partial charge on any atom is 0.263 e. The van der Waals surface area contributed by atoms with Crippen molar-refractivity contribution in [3.05, 3.63) is 51.5 Å². The van der Waals surface area contributed by atoms with Gasteiger partial charge in [0, 0.05) is 4.47 Å². The third-order valence-electron chi connectivity index (χ3n) is 2.55. The number of nitrogens with zero attached hydrogens (tertiary/aromatic N) is 1. The third kappa shape index (κ3) is 3.47. The van der Waals surface area contributed by atoms with E-state index in [2.05, 4.69) is 20.7 Å². The molecule has 2 rings (SSSR count). The van der Waals surface area contributed by atoms with Gasteiger partial charge in [0.2, 0.25) is 0 Å². The molecule has 0 amide bonds. The minimum absolute atomic E-state index is 0.00259. The van der Waals surface area contributed by atoms with E-state index < -0.39 is 10.0 Å². The molecule has 0 aliphatic rings. The topological polar surface area (TPSA) is 90.2 Å². The van der Waals surface area contributed by atoms with Gasteiger partial charge in [-0.15, -0.1) is 0 Å². The lowest BCUT2D eigenvalue weighted by Crippen LogP contribution is -2.13. The molecule has 0 radical (unpaired) electrons. The van der Waals surface area contributed by atoms with Crippen molar-refractivity contribution in [1.82, 2.24) is 0 Å². The number of hydrogen-bond donors (Lipinski definition) is 2. The van der Waals surface area contributed by atoms with Crippen LogP contribution >= 0.6 is 27.5 Å². The molecule has 21 heavy (non-hydrogen) atoms. The normalized spacial score (nSPS) is 10.9. The van der Waals surface area contributed by atoms with Crippen molar-refractivity contribution in [2.75, 3.05) is 4.72 Å². The van der Waals surface area contributed by atoms with Gasteiger partial charge in [0.15, 0.2) is 0 Å². The summed E-state index contributed by atoms with van der Waals surface area (Å²) in [6, 6.07) is 10.1. The SMILES string of the molecule is N#Cc1ccc(Cl)c(S(=O)(=O)Nc2cc(Br)ccc2O)c1. The summed E-state index contributed by atoms with van der Waals surface area (Å²) in [6.07, 6.45) is 0. The first-order valence-electron chi connectivity index (χ1n) is 5.54. The predicted octanol–water partition coefficient (Wildman–Crippen LogP) is 3.48. The Kier molecular flexibility index (Phi) is 4.42. The summed E-state index contributed by atoms with van der Waals surface area (Å²) < 4.78 is 27.5. The van der Waals surface area contributed by atoms with Crippen LogP contribution in [0.4, 0.5) is 5.69 Å². The van der Waals surface area contributed by atoms with Crippen LogP contribution in [0.1, 0.15) is 5.56 Å². The molecule has 0 aromatic heterocycles. The average molecular weight is 388 g/mol. The Morgan fingerprint density at radius 1 is 1.24 bits per heavy atom. The molecule has 8 heteroatoms. The Morgan fingerprint density at radius 3 is 2.62 bits per heavy atom. The fourth-order valence-corrected chi connectivity index (χ4v) is 3.52. The van der Waals surface area contributed by atoms with Crippen LogP contribution in [-0.4, -0.2) is 13.5 Å². The minimum Gasteiger partial charge on any atom is -0.506 e. The Hall–Kier alpha value is -1.75. The largest absolute Gasteiger partial charge is 0.506 e. The standard InChI is InChI=1S/C13H8BrClN2O3S/c14-9-2-4-12(18)11(6-9)17-21(19,20)13-5-8(7-16)1-3-10(13)15/h1-6,17-18H. The highest BCUT2D eigenvalue weighted by Crippen LogP contribution is 2.31. The molecule has 0 spiro atoms. The number of phenolic OH excluding ortho intramolecular Hbond substituents is 1. The molecule has 5 nitrogen and oxygen atoms in total. The summed E-state index contributed by atoms with van der Waals surface area (Å²) in [5.41, 5.74) is 0.168. The lowest BCUT2D eigenvalue weighted by atomic mass is 10.2. The molecule has 2 aromatic carbocycles. The third-order valence-corrected chi connectivity index (χ3v) is 4.89. The highest BCUT2D eigenvalue weighted by molar-refractivity contribution is 9.10. The van der Waals surface area contributed by atoms with Crippen molar-refractivity contribution >= 4 is 43.2 Å². The molecule has 2 N–H and O–H groups in total. The van der Waals surface area contributed by atoms with E-state index in [0.29, 0.717) is 4.47 Å². The molecule has 0 saturated carbocycles. The van der Waals surface area contributed by atoms with E-state index in [-0.39, 0.29) is 26.9 Å². The van der Waals surface area contributed by atoms with Crippen molar-refractivity contribution in [3.63, 3.8) is 0 Å². The summed E-state index contributed by atoms with van der Waals surface area (Å²) in [7, 11) is -4.03. The minimum atomic E-state index is -4.03. The van der Waals surface area contributed by atoms with E-state index in [9.17, 15) is 13.5 Å². The Bertz CT molecular complexity index is 847. The molecule has 108 valence electrons. The number of benzene rings is 2. The average Bonchev–Trinajstić information content (AvgIpc) is 2.43. The van der Waals surface area contributed by atoms with Gasteiger partial charge in [0.1, 0.15) is 10.6 Å². The van der Waals surface area contributed by atoms with Crippen LogP contribution in [0.2, 0.25) is 5.02 Å². The highest BCUT2D eigenvalue weighted by Gasteiger charge is 2.20. The molecule has 0 aliphatic heterocycles. The fourth-order valence-electron chi connectivity index (χ4n) is 1.57. The summed E-state index contributed by atoms with van der Waals surface area (Å²) in [5.74, 6) is -0.227. The quantitative estimate of drug-likeness (QED) is 0.789. The Labute approximate surface area is 135 Å². The van der Waals surface area contributed by atoms with Crippen LogP contribution in [0.15, 0.2) is 45.8 Å². The number of aromatic hydroxyl groups is 1. The monoisotopic (exact) mass is 386 g/mol. The van der Waals surface area contributed by atoms with Gasteiger partial charge in [-0.2, -0.15) is 5.26 Å². The van der Waals surface area contributed by atoms with Crippen molar-refractivity contribution in [2.45, 2.75) is 4.90 Å². The van der Waals surface area contributed by atoms with Crippen LogP contribution in [0.3, 0.4) is 0 Å². The summed E-state index contributed by atoms with van der Waals surface area (Å²) >= 11 is 9.06. The van der Waals surface area contributed by atoms with E-state index in [4.69, 9.17) is 16.9 Å². The van der Waals surface area contributed by atoms with Gasteiger partial charge in [0.05, 0.1) is 22.3 Å². The number of hydrogen-bond acceptors (Lipinski definition) is 4. The van der Waals surface area contributed by atoms with E-state index in [1.54, 1.807) is 6.07 Å². The molecule has 0 saturated heterocycles. The second-order valence-electron chi connectivity index (χ2n) is 4.02. The highest BCUT2D eigenvalue weighted by atomic mass is 79.9. The predicted molar refractivity (Wildman–Crippen MR) is 82.8 cm³/mol. The molecule has 0 aliphatic carbocycles. The number of nitriles is 1. The van der Waals surface area contributed by atoms with Crippen molar-refractivity contribution in [3.8, 4) is 11.8 Å². The second kappa shape index (κ2) is 5.93. The van der Waals surface area contributed by atoms with Crippen LogP contribution in [0, 0.1) is 11.3 Å². The van der Waals surface area contributed by atoms with Gasteiger partial charge in [-0.25, -0.2) is 8.42 Å². The molecule has 0 fully saturated rings. The van der Waals surface area contributed by atoms with Crippen molar-refractivity contribution < 1.29 is 13.5 Å². The first kappa shape index (κ1) is 15.6. The number of sulfonamides is 1. The van der Waals surface area contributed by atoms with Crippen molar-refractivity contribution in [1.29, 1.82) is 5.26 Å². The van der Waals surface area contributed by atoms with E-state index in [0.717, 1.165) is 0 Å². The van der Waals surface area contributed by atoms with Crippen molar-refractivity contribution in [2.24, 2.45) is 0 Å². The van der Waals surface area contributed by atoms with E-state index in [1.807, 2.05) is 6.07 Å². The summed E-state index contributed by atoms with van der Waals surface area (Å²) in [6.45, 7) is 0. The van der Waals surface area contributed by atoms with Gasteiger partial charge in [0.25, 0.3) is 10.0 Å². The Balaban J connectivity index is 2.48.